The highest BCUT2D eigenvalue weighted by atomic mass is 32.2. The number of hydrogen-bond donors (Lipinski definition) is 1. The van der Waals surface area contributed by atoms with Gasteiger partial charge in [-0.1, -0.05) is 24.8 Å². The van der Waals surface area contributed by atoms with Gasteiger partial charge in [0.25, 0.3) is 5.56 Å². The lowest BCUT2D eigenvalue weighted by Gasteiger charge is -2.17. The molecule has 0 saturated carbocycles. The molecule has 1 amide bonds. The molecule has 3 aromatic rings. The second kappa shape index (κ2) is 8.58. The summed E-state index contributed by atoms with van der Waals surface area (Å²) in [6.45, 7) is 4.02. The van der Waals surface area contributed by atoms with Crippen LogP contribution in [0.2, 0.25) is 0 Å². The van der Waals surface area contributed by atoms with Crippen molar-refractivity contribution < 1.29 is 9.53 Å². The van der Waals surface area contributed by atoms with E-state index in [0.717, 1.165) is 6.42 Å². The molecule has 1 atom stereocenters. The lowest BCUT2D eigenvalue weighted by atomic mass is 10.2. The van der Waals surface area contributed by atoms with Crippen LogP contribution < -0.4 is 15.6 Å². The number of nitrogens with zero attached hydrogens (tertiary/aromatic N) is 2. The second-order valence-electron chi connectivity index (χ2n) is 6.03. The van der Waals surface area contributed by atoms with Crippen molar-refractivity contribution in [3.05, 3.63) is 46.1 Å². The predicted molar refractivity (Wildman–Crippen MR) is 111 cm³/mol. The van der Waals surface area contributed by atoms with Gasteiger partial charge in [-0.3, -0.25) is 14.2 Å². The van der Waals surface area contributed by atoms with E-state index in [1.807, 2.05) is 37.4 Å². The Hall–Kier alpha value is -2.32. The number of thioether (sulfide) groups is 1. The number of carbonyl (C=O) groups is 1. The quantitative estimate of drug-likeness (QED) is 0.473. The normalized spacial score (nSPS) is 12.1. The first kappa shape index (κ1) is 19.4. The van der Waals surface area contributed by atoms with Gasteiger partial charge in [0.1, 0.15) is 10.4 Å². The van der Waals surface area contributed by atoms with E-state index in [2.05, 4.69) is 10.3 Å². The van der Waals surface area contributed by atoms with Crippen molar-refractivity contribution in [2.75, 3.05) is 18.2 Å². The van der Waals surface area contributed by atoms with Crippen molar-refractivity contribution in [2.45, 2.75) is 31.5 Å². The second-order valence-corrected chi connectivity index (χ2v) is 7.89. The van der Waals surface area contributed by atoms with Gasteiger partial charge in [-0.15, -0.1) is 11.3 Å². The summed E-state index contributed by atoms with van der Waals surface area (Å²) < 4.78 is 7.51. The lowest BCUT2D eigenvalue weighted by Crippen LogP contribution is -2.26. The Labute approximate surface area is 165 Å². The molecule has 0 aliphatic rings. The van der Waals surface area contributed by atoms with Gasteiger partial charge >= 0.3 is 0 Å². The topological polar surface area (TPSA) is 73.2 Å². The lowest BCUT2D eigenvalue weighted by molar-refractivity contribution is -0.113. The van der Waals surface area contributed by atoms with Crippen LogP contribution in [0.3, 0.4) is 0 Å². The Kier molecular flexibility index (Phi) is 6.18. The van der Waals surface area contributed by atoms with Crippen molar-refractivity contribution in [3.63, 3.8) is 0 Å². The molecule has 0 bridgehead atoms. The molecule has 0 unspecified atom stereocenters. The van der Waals surface area contributed by atoms with Crippen molar-refractivity contribution in [1.29, 1.82) is 0 Å². The van der Waals surface area contributed by atoms with Gasteiger partial charge in [0, 0.05) is 17.8 Å². The van der Waals surface area contributed by atoms with Crippen LogP contribution in [0.1, 0.15) is 26.3 Å². The molecule has 2 heterocycles. The fraction of sp³-hybridized carbons (Fsp3) is 0.316. The molecule has 27 heavy (non-hydrogen) atoms. The molecule has 0 fully saturated rings. The van der Waals surface area contributed by atoms with Crippen LogP contribution in [0.15, 0.2) is 45.7 Å². The zero-order valence-electron chi connectivity index (χ0n) is 15.4. The van der Waals surface area contributed by atoms with E-state index in [4.69, 9.17) is 4.74 Å². The minimum Gasteiger partial charge on any atom is -0.497 e. The molecule has 1 aromatic carbocycles. The van der Waals surface area contributed by atoms with E-state index in [-0.39, 0.29) is 23.3 Å². The maximum atomic E-state index is 12.8. The number of benzene rings is 1. The summed E-state index contributed by atoms with van der Waals surface area (Å²) >= 11 is 2.67. The first-order valence-corrected chi connectivity index (χ1v) is 10.5. The molecule has 0 aliphatic heterocycles. The number of fused-ring (bicyclic) bond motifs is 1. The van der Waals surface area contributed by atoms with Crippen LogP contribution in [0, 0.1) is 0 Å². The molecular weight excluding hydrogens is 382 g/mol. The summed E-state index contributed by atoms with van der Waals surface area (Å²) in [4.78, 5) is 29.8. The Morgan fingerprint density at radius 3 is 2.96 bits per heavy atom. The number of ether oxygens (including phenoxy) is 1. The first-order chi connectivity index (χ1) is 13.0. The largest absolute Gasteiger partial charge is 0.497 e. The smallest absolute Gasteiger partial charge is 0.272 e. The van der Waals surface area contributed by atoms with Gasteiger partial charge in [-0.25, -0.2) is 4.98 Å². The van der Waals surface area contributed by atoms with Gasteiger partial charge in [0.05, 0.1) is 18.4 Å². The Balaban J connectivity index is 1.79. The number of thiophene rings is 1. The van der Waals surface area contributed by atoms with Crippen LogP contribution in [0.5, 0.6) is 5.75 Å². The van der Waals surface area contributed by atoms with Crippen molar-refractivity contribution >= 4 is 44.9 Å². The van der Waals surface area contributed by atoms with Crippen LogP contribution >= 0.6 is 23.1 Å². The van der Waals surface area contributed by atoms with Gasteiger partial charge in [0.15, 0.2) is 5.16 Å². The Morgan fingerprint density at radius 2 is 2.22 bits per heavy atom. The fourth-order valence-corrected chi connectivity index (χ4v) is 4.27. The fourth-order valence-electron chi connectivity index (χ4n) is 2.60. The third-order valence-corrected chi connectivity index (χ3v) is 6.04. The summed E-state index contributed by atoms with van der Waals surface area (Å²) in [5, 5.41) is 5.28. The van der Waals surface area contributed by atoms with E-state index in [0.29, 0.717) is 26.8 Å². The van der Waals surface area contributed by atoms with E-state index < -0.39 is 0 Å². The van der Waals surface area contributed by atoms with E-state index >= 15 is 0 Å². The highest BCUT2D eigenvalue weighted by Crippen LogP contribution is 2.25. The minimum absolute atomic E-state index is 0.0143. The van der Waals surface area contributed by atoms with Gasteiger partial charge < -0.3 is 10.1 Å². The molecular formula is C19H21N3O3S2. The Bertz CT molecular complexity index is 1010. The molecule has 142 valence electrons. The number of hydrogen-bond acceptors (Lipinski definition) is 6. The predicted octanol–water partition coefficient (Wildman–Crippen LogP) is 4.17. The number of aromatic nitrogens is 2. The molecule has 3 rings (SSSR count). The maximum absolute atomic E-state index is 12.8. The van der Waals surface area contributed by atoms with Crippen molar-refractivity contribution in [2.24, 2.45) is 0 Å². The highest BCUT2D eigenvalue weighted by Gasteiger charge is 2.17. The molecule has 2 aromatic heterocycles. The summed E-state index contributed by atoms with van der Waals surface area (Å²) in [6.07, 6.45) is 0.808. The number of nitrogens with one attached hydrogen (secondary N) is 1. The molecule has 8 heteroatoms. The number of methoxy groups -OCH3 is 1. The Morgan fingerprint density at radius 1 is 1.41 bits per heavy atom. The molecule has 0 spiro atoms. The minimum atomic E-state index is -0.163. The zero-order valence-corrected chi connectivity index (χ0v) is 17.0. The zero-order chi connectivity index (χ0) is 19.4. The van der Waals surface area contributed by atoms with Crippen LogP contribution in [-0.2, 0) is 4.79 Å². The molecule has 1 N–H and O–H groups in total. The maximum Gasteiger partial charge on any atom is 0.272 e. The van der Waals surface area contributed by atoms with Gasteiger partial charge in [-0.2, -0.15) is 0 Å². The van der Waals surface area contributed by atoms with Crippen molar-refractivity contribution in [1.82, 2.24) is 9.55 Å². The monoisotopic (exact) mass is 403 g/mol. The summed E-state index contributed by atoms with van der Waals surface area (Å²) in [5.41, 5.74) is 1.31. The van der Waals surface area contributed by atoms with Crippen LogP contribution in [-0.4, -0.2) is 28.3 Å². The highest BCUT2D eigenvalue weighted by molar-refractivity contribution is 7.99. The van der Waals surface area contributed by atoms with Gasteiger partial charge in [0.2, 0.25) is 5.91 Å². The average Bonchev–Trinajstić information content (AvgIpc) is 3.15. The molecule has 0 saturated heterocycles. The summed E-state index contributed by atoms with van der Waals surface area (Å²) in [6, 6.07) is 9.04. The van der Waals surface area contributed by atoms with Crippen LogP contribution in [0.4, 0.5) is 5.69 Å². The molecule has 0 radical (unpaired) electrons. The van der Waals surface area contributed by atoms with E-state index in [1.165, 1.54) is 23.1 Å². The number of amides is 1. The van der Waals surface area contributed by atoms with Crippen molar-refractivity contribution in [3.8, 4) is 5.75 Å². The third-order valence-electron chi connectivity index (χ3n) is 4.20. The third kappa shape index (κ3) is 4.33. The number of carbonyl (C=O) groups excluding carboxylic acids is 1. The number of anilines is 1. The molecule has 6 nitrogen and oxygen atoms in total. The standard InChI is InChI=1S/C19H21N3O3S2/c1-4-12(2)22-18(24)17-15(8-9-26-17)21-19(22)27-11-16(23)20-13-6-5-7-14(10-13)25-3/h5-10,12H,4,11H2,1-3H3,(H,20,23)/t12-/m1/s1. The van der Waals surface area contributed by atoms with Gasteiger partial charge in [-0.05, 0) is 36.9 Å². The SMILES string of the molecule is CC[C@@H](C)n1c(SCC(=O)Nc2cccc(OC)c2)nc2ccsc2c1=O. The number of rotatable bonds is 7. The van der Waals surface area contributed by atoms with Crippen LogP contribution in [0.25, 0.3) is 10.2 Å². The average molecular weight is 404 g/mol. The summed E-state index contributed by atoms with van der Waals surface area (Å²) in [5.74, 6) is 0.676. The first-order valence-electron chi connectivity index (χ1n) is 8.60. The van der Waals surface area contributed by atoms with E-state index in [1.54, 1.807) is 23.8 Å². The summed E-state index contributed by atoms with van der Waals surface area (Å²) in [7, 11) is 1.58. The van der Waals surface area contributed by atoms with E-state index in [9.17, 15) is 9.59 Å². The molecule has 0 aliphatic carbocycles.